The molecule has 0 bridgehead atoms. The number of halogens is 1. The van der Waals surface area contributed by atoms with E-state index in [1.807, 2.05) is 19.1 Å². The molecule has 1 saturated heterocycles. The molecule has 1 fully saturated rings. The minimum atomic E-state index is -0.0661. The first-order valence-corrected chi connectivity index (χ1v) is 7.98. The van der Waals surface area contributed by atoms with Crippen molar-refractivity contribution in [3.63, 3.8) is 0 Å². The maximum atomic E-state index is 12.2. The minimum Gasteiger partial charge on any atom is -0.466 e. The van der Waals surface area contributed by atoms with Crippen LogP contribution in [0.15, 0.2) is 28.7 Å². The highest BCUT2D eigenvalue weighted by Crippen LogP contribution is 2.35. The summed E-state index contributed by atoms with van der Waals surface area (Å²) in [5.74, 6) is 0.103. The van der Waals surface area contributed by atoms with Crippen molar-refractivity contribution in [1.29, 1.82) is 0 Å². The Balaban J connectivity index is 2.22. The van der Waals surface area contributed by atoms with E-state index in [2.05, 4.69) is 46.8 Å². The highest BCUT2D eigenvalue weighted by Gasteiger charge is 2.40. The van der Waals surface area contributed by atoms with Crippen molar-refractivity contribution < 1.29 is 9.53 Å². The van der Waals surface area contributed by atoms with Gasteiger partial charge in [-0.25, -0.2) is 0 Å². The fourth-order valence-electron chi connectivity index (χ4n) is 2.79. The highest BCUT2D eigenvalue weighted by molar-refractivity contribution is 9.10. The molecule has 110 valence electrons. The third-order valence-electron chi connectivity index (χ3n) is 3.97. The van der Waals surface area contributed by atoms with E-state index in [1.54, 1.807) is 0 Å². The first kappa shape index (κ1) is 15.5. The molecular weight excluding hydrogens is 318 g/mol. The van der Waals surface area contributed by atoms with Crippen molar-refractivity contribution in [2.24, 2.45) is 5.92 Å². The number of hydrogen-bond donors (Lipinski definition) is 0. The maximum absolute atomic E-state index is 12.2. The first-order chi connectivity index (χ1) is 9.52. The van der Waals surface area contributed by atoms with Gasteiger partial charge in [-0.2, -0.15) is 0 Å². The van der Waals surface area contributed by atoms with Gasteiger partial charge in [-0.3, -0.25) is 9.69 Å². The van der Waals surface area contributed by atoms with Crippen LogP contribution in [-0.2, 0) is 9.53 Å². The Hall–Kier alpha value is -0.870. The number of carbonyl (C=O) groups is 1. The van der Waals surface area contributed by atoms with E-state index in [4.69, 9.17) is 4.74 Å². The average Bonchev–Trinajstić information content (AvgIpc) is 2.85. The SMILES string of the molecule is CCOC(=O)C1CN(C(C)C)CC1c1ccc(Br)cc1. The molecule has 0 aromatic heterocycles. The molecule has 1 aliphatic rings. The van der Waals surface area contributed by atoms with Crippen LogP contribution >= 0.6 is 15.9 Å². The standard InChI is InChI=1S/C16H22BrNO2/c1-4-20-16(19)15-10-18(11(2)3)9-14(15)12-5-7-13(17)8-6-12/h5-8,11,14-15H,4,9-10H2,1-3H3. The van der Waals surface area contributed by atoms with E-state index in [-0.39, 0.29) is 17.8 Å². The van der Waals surface area contributed by atoms with Crippen LogP contribution in [-0.4, -0.2) is 36.6 Å². The Morgan fingerprint density at radius 3 is 2.55 bits per heavy atom. The number of carbonyl (C=O) groups excluding carboxylic acids is 1. The van der Waals surface area contributed by atoms with Crippen LogP contribution in [0, 0.1) is 5.92 Å². The molecule has 2 rings (SSSR count). The van der Waals surface area contributed by atoms with Gasteiger partial charge in [0.25, 0.3) is 0 Å². The van der Waals surface area contributed by atoms with Crippen LogP contribution in [0.2, 0.25) is 0 Å². The van der Waals surface area contributed by atoms with Gasteiger partial charge >= 0.3 is 5.97 Å². The van der Waals surface area contributed by atoms with Gasteiger partial charge in [0.2, 0.25) is 0 Å². The molecule has 0 N–H and O–H groups in total. The molecular formula is C16H22BrNO2. The van der Waals surface area contributed by atoms with E-state index in [1.165, 1.54) is 5.56 Å². The van der Waals surface area contributed by atoms with Crippen LogP contribution in [0.4, 0.5) is 0 Å². The maximum Gasteiger partial charge on any atom is 0.310 e. The Kier molecular flexibility index (Phi) is 5.22. The fraction of sp³-hybridized carbons (Fsp3) is 0.562. The molecule has 1 aromatic rings. The van der Waals surface area contributed by atoms with E-state index in [0.717, 1.165) is 17.6 Å². The largest absolute Gasteiger partial charge is 0.466 e. The zero-order valence-corrected chi connectivity index (χ0v) is 13.9. The molecule has 0 radical (unpaired) electrons. The van der Waals surface area contributed by atoms with Gasteiger partial charge in [-0.15, -0.1) is 0 Å². The van der Waals surface area contributed by atoms with E-state index >= 15 is 0 Å². The second-order valence-electron chi connectivity index (χ2n) is 5.56. The molecule has 0 amide bonds. The number of nitrogens with zero attached hydrogens (tertiary/aromatic N) is 1. The summed E-state index contributed by atoms with van der Waals surface area (Å²) in [6.45, 7) is 8.37. The van der Waals surface area contributed by atoms with Gasteiger partial charge < -0.3 is 4.74 Å². The smallest absolute Gasteiger partial charge is 0.310 e. The first-order valence-electron chi connectivity index (χ1n) is 7.19. The van der Waals surface area contributed by atoms with Crippen molar-refractivity contribution in [2.45, 2.75) is 32.7 Å². The summed E-state index contributed by atoms with van der Waals surface area (Å²) in [6.07, 6.45) is 0. The fourth-order valence-corrected chi connectivity index (χ4v) is 3.06. The summed E-state index contributed by atoms with van der Waals surface area (Å²) >= 11 is 3.46. The predicted molar refractivity (Wildman–Crippen MR) is 83.7 cm³/mol. The lowest BCUT2D eigenvalue weighted by atomic mass is 9.89. The zero-order chi connectivity index (χ0) is 14.7. The molecule has 0 aliphatic carbocycles. The minimum absolute atomic E-state index is 0.0569. The lowest BCUT2D eigenvalue weighted by molar-refractivity contribution is -0.148. The summed E-state index contributed by atoms with van der Waals surface area (Å²) in [7, 11) is 0. The third-order valence-corrected chi connectivity index (χ3v) is 4.49. The predicted octanol–water partition coefficient (Wildman–Crippen LogP) is 3.44. The number of esters is 1. The molecule has 2 unspecified atom stereocenters. The van der Waals surface area contributed by atoms with Gasteiger partial charge in [0.1, 0.15) is 0 Å². The molecule has 1 heterocycles. The number of likely N-dealkylation sites (tertiary alicyclic amines) is 1. The molecule has 2 atom stereocenters. The Morgan fingerprint density at radius 1 is 1.35 bits per heavy atom. The van der Waals surface area contributed by atoms with Crippen LogP contribution in [0.3, 0.4) is 0 Å². The lowest BCUT2D eigenvalue weighted by Gasteiger charge is -2.20. The second kappa shape index (κ2) is 6.72. The van der Waals surface area contributed by atoms with E-state index < -0.39 is 0 Å². The second-order valence-corrected chi connectivity index (χ2v) is 6.48. The third kappa shape index (κ3) is 3.41. The van der Waals surface area contributed by atoms with Gasteiger partial charge in [-0.1, -0.05) is 28.1 Å². The van der Waals surface area contributed by atoms with Gasteiger partial charge in [0.05, 0.1) is 12.5 Å². The number of benzene rings is 1. The zero-order valence-electron chi connectivity index (χ0n) is 12.3. The normalized spacial score (nSPS) is 23.2. The molecule has 1 aromatic carbocycles. The van der Waals surface area contributed by atoms with Crippen molar-refractivity contribution >= 4 is 21.9 Å². The topological polar surface area (TPSA) is 29.5 Å². The van der Waals surface area contributed by atoms with Crippen LogP contribution < -0.4 is 0 Å². The summed E-state index contributed by atoms with van der Waals surface area (Å²) in [5, 5.41) is 0. The number of ether oxygens (including phenoxy) is 1. The summed E-state index contributed by atoms with van der Waals surface area (Å²) in [5.41, 5.74) is 1.22. The summed E-state index contributed by atoms with van der Waals surface area (Å²) in [6, 6.07) is 8.73. The Labute approximate surface area is 129 Å². The summed E-state index contributed by atoms with van der Waals surface area (Å²) < 4.78 is 6.32. The van der Waals surface area contributed by atoms with Gasteiger partial charge in [0, 0.05) is 29.5 Å². The number of hydrogen-bond acceptors (Lipinski definition) is 3. The molecule has 0 spiro atoms. The molecule has 4 heteroatoms. The van der Waals surface area contributed by atoms with Crippen molar-refractivity contribution in [3.05, 3.63) is 34.3 Å². The molecule has 1 aliphatic heterocycles. The van der Waals surface area contributed by atoms with Crippen molar-refractivity contribution in [1.82, 2.24) is 4.90 Å². The number of rotatable bonds is 4. The van der Waals surface area contributed by atoms with E-state index in [0.29, 0.717) is 12.6 Å². The highest BCUT2D eigenvalue weighted by atomic mass is 79.9. The van der Waals surface area contributed by atoms with Gasteiger partial charge in [-0.05, 0) is 38.5 Å². The lowest BCUT2D eigenvalue weighted by Crippen LogP contribution is -2.30. The Bertz CT molecular complexity index is 458. The van der Waals surface area contributed by atoms with Crippen molar-refractivity contribution in [2.75, 3.05) is 19.7 Å². The van der Waals surface area contributed by atoms with Crippen LogP contribution in [0.1, 0.15) is 32.3 Å². The average molecular weight is 340 g/mol. The van der Waals surface area contributed by atoms with Crippen LogP contribution in [0.25, 0.3) is 0 Å². The molecule has 0 saturated carbocycles. The Morgan fingerprint density at radius 2 is 2.00 bits per heavy atom. The van der Waals surface area contributed by atoms with Gasteiger partial charge in [0.15, 0.2) is 0 Å². The summed E-state index contributed by atoms with van der Waals surface area (Å²) in [4.78, 5) is 14.6. The van der Waals surface area contributed by atoms with Crippen LogP contribution in [0.5, 0.6) is 0 Å². The monoisotopic (exact) mass is 339 g/mol. The quantitative estimate of drug-likeness (QED) is 0.787. The molecule has 20 heavy (non-hydrogen) atoms. The van der Waals surface area contributed by atoms with Crippen molar-refractivity contribution in [3.8, 4) is 0 Å². The van der Waals surface area contributed by atoms with E-state index in [9.17, 15) is 4.79 Å². The molecule has 3 nitrogen and oxygen atoms in total.